The summed E-state index contributed by atoms with van der Waals surface area (Å²) in [6, 6.07) is 12.7. The second-order valence-electron chi connectivity index (χ2n) is 5.34. The number of carbonyl (C=O) groups is 1. The maximum atomic E-state index is 13.0. The number of benzene rings is 2. The lowest BCUT2D eigenvalue weighted by atomic mass is 10.2. The zero-order chi connectivity index (χ0) is 16.7. The summed E-state index contributed by atoms with van der Waals surface area (Å²) < 4.78 is 14.7. The van der Waals surface area contributed by atoms with Gasteiger partial charge in [0.15, 0.2) is 0 Å². The van der Waals surface area contributed by atoms with Crippen LogP contribution in [0.5, 0.6) is 0 Å². The molecule has 0 atom stereocenters. The quantitative estimate of drug-likeness (QED) is 0.589. The van der Waals surface area contributed by atoms with E-state index in [2.05, 4.69) is 10.4 Å². The van der Waals surface area contributed by atoms with Crippen LogP contribution in [0.2, 0.25) is 5.02 Å². The monoisotopic (exact) mass is 339 g/mol. The molecule has 0 fully saturated rings. The Kier molecular flexibility index (Phi) is 3.43. The van der Waals surface area contributed by atoms with E-state index in [1.54, 1.807) is 29.2 Å². The lowest BCUT2D eigenvalue weighted by Gasteiger charge is -2.09. The van der Waals surface area contributed by atoms with Crippen molar-refractivity contribution in [1.29, 1.82) is 0 Å². The lowest BCUT2D eigenvalue weighted by Crippen LogP contribution is -2.22. The minimum Gasteiger partial charge on any atom is -0.267 e. The van der Waals surface area contributed by atoms with Gasteiger partial charge in [0.25, 0.3) is 5.91 Å². The van der Waals surface area contributed by atoms with Crippen LogP contribution in [0.15, 0.2) is 60.9 Å². The fraction of sp³-hybridized carbons (Fsp3) is 0. The lowest BCUT2D eigenvalue weighted by molar-refractivity contribution is 0.101. The summed E-state index contributed by atoms with van der Waals surface area (Å²) >= 11 is 6.11. The van der Waals surface area contributed by atoms with Gasteiger partial charge in [-0.1, -0.05) is 17.7 Å². The second kappa shape index (κ2) is 5.62. The molecule has 4 nitrogen and oxygen atoms in total. The molecule has 0 aliphatic heterocycles. The van der Waals surface area contributed by atoms with Gasteiger partial charge in [0, 0.05) is 27.6 Å². The number of fused-ring (bicyclic) bond motifs is 3. The molecule has 0 aliphatic rings. The third-order valence-corrected chi connectivity index (χ3v) is 4.09. The molecule has 0 unspecified atom stereocenters. The molecule has 4 aromatic rings. The van der Waals surface area contributed by atoms with Crippen LogP contribution in [0.25, 0.3) is 21.8 Å². The summed E-state index contributed by atoms with van der Waals surface area (Å²) in [5.41, 5.74) is 4.71. The Balaban J connectivity index is 1.86. The Morgan fingerprint density at radius 1 is 1.04 bits per heavy atom. The fourth-order valence-electron chi connectivity index (χ4n) is 2.73. The molecule has 0 radical (unpaired) electrons. The second-order valence-corrected chi connectivity index (χ2v) is 5.77. The smallest absolute Gasteiger partial charge is 0.267 e. The van der Waals surface area contributed by atoms with Crippen LogP contribution in [0.3, 0.4) is 0 Å². The number of carbonyl (C=O) groups excluding carboxylic acids is 1. The molecule has 0 spiro atoms. The fourth-order valence-corrected chi connectivity index (χ4v) is 2.89. The van der Waals surface area contributed by atoms with Crippen LogP contribution < -0.4 is 5.43 Å². The number of halogens is 2. The molecule has 0 bridgehead atoms. The summed E-state index contributed by atoms with van der Waals surface area (Å²) in [5.74, 6) is -0.739. The Hall–Kier alpha value is -2.92. The van der Waals surface area contributed by atoms with E-state index in [1.165, 1.54) is 24.3 Å². The van der Waals surface area contributed by atoms with Gasteiger partial charge in [-0.05, 0) is 42.5 Å². The third-order valence-electron chi connectivity index (χ3n) is 3.85. The molecule has 1 N–H and O–H groups in total. The van der Waals surface area contributed by atoms with Crippen molar-refractivity contribution in [3.8, 4) is 0 Å². The van der Waals surface area contributed by atoms with Gasteiger partial charge in [-0.25, -0.2) is 4.39 Å². The van der Waals surface area contributed by atoms with Gasteiger partial charge < -0.3 is 0 Å². The van der Waals surface area contributed by atoms with Crippen molar-refractivity contribution in [3.05, 3.63) is 77.3 Å². The number of aromatic nitrogens is 2. The minimum atomic E-state index is -0.389. The van der Waals surface area contributed by atoms with Crippen molar-refractivity contribution in [2.75, 3.05) is 5.43 Å². The maximum Gasteiger partial charge on any atom is 0.270 e. The first-order chi connectivity index (χ1) is 11.6. The van der Waals surface area contributed by atoms with Crippen LogP contribution in [-0.2, 0) is 0 Å². The Labute approximate surface area is 141 Å². The van der Waals surface area contributed by atoms with Gasteiger partial charge >= 0.3 is 0 Å². The molecule has 0 aliphatic carbocycles. The maximum absolute atomic E-state index is 13.0. The van der Waals surface area contributed by atoms with E-state index in [0.29, 0.717) is 10.6 Å². The first-order valence-corrected chi connectivity index (χ1v) is 7.62. The number of amides is 1. The zero-order valence-corrected chi connectivity index (χ0v) is 13.1. The van der Waals surface area contributed by atoms with E-state index < -0.39 is 0 Å². The van der Waals surface area contributed by atoms with Crippen molar-refractivity contribution < 1.29 is 9.18 Å². The number of pyridine rings is 1. The van der Waals surface area contributed by atoms with E-state index in [-0.39, 0.29) is 11.7 Å². The SMILES string of the molecule is O=C(Nn1c2cnccc2c2ccc(Cl)cc21)c1ccc(F)cc1. The van der Waals surface area contributed by atoms with Crippen LogP contribution >= 0.6 is 11.6 Å². The molecule has 0 saturated carbocycles. The standard InChI is InChI=1S/C18H11ClFN3O/c19-12-3-6-14-15-7-8-21-10-17(15)23(16(14)9-12)22-18(24)11-1-4-13(20)5-2-11/h1-10H,(H,22,24). The summed E-state index contributed by atoms with van der Waals surface area (Å²) in [6.07, 6.45) is 3.37. The molecule has 4 rings (SSSR count). The van der Waals surface area contributed by atoms with Crippen LogP contribution in [0.4, 0.5) is 4.39 Å². The molecule has 24 heavy (non-hydrogen) atoms. The summed E-state index contributed by atoms with van der Waals surface area (Å²) in [7, 11) is 0. The van der Waals surface area contributed by atoms with Crippen molar-refractivity contribution >= 4 is 39.3 Å². The first-order valence-electron chi connectivity index (χ1n) is 7.24. The molecule has 1 amide bonds. The largest absolute Gasteiger partial charge is 0.270 e. The number of hydrogen-bond donors (Lipinski definition) is 1. The van der Waals surface area contributed by atoms with Crippen LogP contribution in [-0.4, -0.2) is 15.6 Å². The predicted molar refractivity (Wildman–Crippen MR) is 92.3 cm³/mol. The van der Waals surface area contributed by atoms with Gasteiger partial charge in [-0.15, -0.1) is 0 Å². The Bertz CT molecular complexity index is 1070. The van der Waals surface area contributed by atoms with Crippen molar-refractivity contribution in [3.63, 3.8) is 0 Å². The molecular weight excluding hydrogens is 329 g/mol. The average Bonchev–Trinajstić information content (AvgIpc) is 2.89. The molecular formula is C18H11ClFN3O. The normalized spacial score (nSPS) is 11.1. The predicted octanol–water partition coefficient (Wildman–Crippen LogP) is 4.37. The zero-order valence-electron chi connectivity index (χ0n) is 12.3. The highest BCUT2D eigenvalue weighted by Gasteiger charge is 2.14. The highest BCUT2D eigenvalue weighted by molar-refractivity contribution is 6.31. The highest BCUT2D eigenvalue weighted by atomic mass is 35.5. The van der Waals surface area contributed by atoms with Crippen molar-refractivity contribution in [1.82, 2.24) is 9.66 Å². The molecule has 2 aromatic heterocycles. The van der Waals surface area contributed by atoms with E-state index in [1.807, 2.05) is 12.1 Å². The summed E-state index contributed by atoms with van der Waals surface area (Å²) in [4.78, 5) is 16.6. The number of nitrogens with one attached hydrogen (secondary N) is 1. The first kappa shape index (κ1) is 14.7. The molecule has 0 saturated heterocycles. The topological polar surface area (TPSA) is 46.9 Å². The van der Waals surface area contributed by atoms with Gasteiger partial charge in [-0.2, -0.15) is 0 Å². The number of nitrogens with zero attached hydrogens (tertiary/aromatic N) is 2. The van der Waals surface area contributed by atoms with Gasteiger partial charge in [0.2, 0.25) is 0 Å². The van der Waals surface area contributed by atoms with E-state index >= 15 is 0 Å². The van der Waals surface area contributed by atoms with Gasteiger partial charge in [-0.3, -0.25) is 19.9 Å². The van der Waals surface area contributed by atoms with Gasteiger partial charge in [0.1, 0.15) is 5.82 Å². The summed E-state index contributed by atoms with van der Waals surface area (Å²) in [5, 5.41) is 2.47. The van der Waals surface area contributed by atoms with Crippen molar-refractivity contribution in [2.45, 2.75) is 0 Å². The minimum absolute atomic E-state index is 0.349. The van der Waals surface area contributed by atoms with E-state index in [0.717, 1.165) is 21.8 Å². The Morgan fingerprint density at radius 3 is 2.58 bits per heavy atom. The average molecular weight is 340 g/mol. The van der Waals surface area contributed by atoms with Crippen LogP contribution in [0, 0.1) is 5.82 Å². The molecule has 6 heteroatoms. The Morgan fingerprint density at radius 2 is 1.79 bits per heavy atom. The van der Waals surface area contributed by atoms with Crippen molar-refractivity contribution in [2.24, 2.45) is 0 Å². The summed E-state index contributed by atoms with van der Waals surface area (Å²) in [6.45, 7) is 0. The van der Waals surface area contributed by atoms with Crippen LogP contribution in [0.1, 0.15) is 10.4 Å². The molecule has 2 aromatic carbocycles. The number of rotatable bonds is 2. The van der Waals surface area contributed by atoms with Gasteiger partial charge in [0.05, 0.1) is 17.2 Å². The van der Waals surface area contributed by atoms with E-state index in [9.17, 15) is 9.18 Å². The van der Waals surface area contributed by atoms with E-state index in [4.69, 9.17) is 11.6 Å². The number of hydrogen-bond acceptors (Lipinski definition) is 2. The molecule has 2 heterocycles. The molecule has 118 valence electrons. The third kappa shape index (κ3) is 2.39. The highest BCUT2D eigenvalue weighted by Crippen LogP contribution is 2.29.